The van der Waals surface area contributed by atoms with Crippen molar-refractivity contribution in [1.82, 2.24) is 9.97 Å². The maximum Gasteiger partial charge on any atom is 0.219 e. The van der Waals surface area contributed by atoms with Gasteiger partial charge in [-0.3, -0.25) is 4.98 Å². The van der Waals surface area contributed by atoms with Gasteiger partial charge in [-0.15, -0.1) is 0 Å². The summed E-state index contributed by atoms with van der Waals surface area (Å²) in [4.78, 5) is 8.88. The molecule has 100 valence electrons. The van der Waals surface area contributed by atoms with Crippen molar-refractivity contribution in [3.63, 3.8) is 0 Å². The van der Waals surface area contributed by atoms with E-state index in [0.29, 0.717) is 12.4 Å². The number of pyridine rings is 2. The summed E-state index contributed by atoms with van der Waals surface area (Å²) < 4.78 is 5.82. The molecule has 0 amide bonds. The van der Waals surface area contributed by atoms with Crippen LogP contribution < -0.4 is 10.5 Å². The number of nitrogens with two attached hydrogens (primary N) is 1. The van der Waals surface area contributed by atoms with Crippen molar-refractivity contribution < 1.29 is 4.74 Å². The Bertz CT molecular complexity index is 582. The molecule has 0 aliphatic heterocycles. The lowest BCUT2D eigenvalue weighted by Crippen LogP contribution is -2.02. The molecule has 2 aromatic heterocycles. The third-order valence-electron chi connectivity index (χ3n) is 3.01. The zero-order valence-electron chi connectivity index (χ0n) is 11.6. The van der Waals surface area contributed by atoms with Crippen LogP contribution >= 0.6 is 0 Å². The monoisotopic (exact) mass is 257 g/mol. The van der Waals surface area contributed by atoms with E-state index in [1.165, 1.54) is 0 Å². The first kappa shape index (κ1) is 13.5. The van der Waals surface area contributed by atoms with E-state index in [9.17, 15) is 0 Å². The third kappa shape index (κ3) is 3.09. The minimum absolute atomic E-state index is 0.491. The molecular formula is C15H19N3O. The summed E-state index contributed by atoms with van der Waals surface area (Å²) in [6, 6.07) is 7.67. The van der Waals surface area contributed by atoms with E-state index in [2.05, 4.69) is 16.9 Å². The first-order valence-corrected chi connectivity index (χ1v) is 6.45. The molecule has 0 aliphatic rings. The molecule has 2 rings (SSSR count). The summed E-state index contributed by atoms with van der Waals surface area (Å²) in [7, 11) is 0. The first-order chi connectivity index (χ1) is 9.13. The zero-order valence-corrected chi connectivity index (χ0v) is 11.6. The van der Waals surface area contributed by atoms with Crippen LogP contribution in [0.2, 0.25) is 0 Å². The lowest BCUT2D eigenvalue weighted by atomic mass is 10.2. The molecule has 4 heteroatoms. The number of aryl methyl sites for hydroxylation is 3. The number of rotatable bonds is 4. The van der Waals surface area contributed by atoms with Crippen LogP contribution in [0.25, 0.3) is 0 Å². The second kappa shape index (κ2) is 5.80. The van der Waals surface area contributed by atoms with Gasteiger partial charge in [0.1, 0.15) is 0 Å². The number of ether oxygens (including phenoxy) is 1. The van der Waals surface area contributed by atoms with Crippen LogP contribution in [0.5, 0.6) is 11.6 Å². The van der Waals surface area contributed by atoms with E-state index >= 15 is 0 Å². The SMILES string of the molecule is CCc1nc(C)ccc1Oc1ccc(CN)c(C)n1. The molecule has 2 N–H and O–H groups in total. The molecule has 0 unspecified atom stereocenters. The standard InChI is InChI=1S/C15H19N3O/c1-4-13-14(7-5-10(2)17-13)19-15-8-6-12(9-16)11(3)18-15/h5-8H,4,9,16H2,1-3H3. The summed E-state index contributed by atoms with van der Waals surface area (Å²) in [6.45, 7) is 6.46. The van der Waals surface area contributed by atoms with E-state index in [-0.39, 0.29) is 0 Å². The Morgan fingerprint density at radius 3 is 2.53 bits per heavy atom. The minimum atomic E-state index is 0.491. The lowest BCUT2D eigenvalue weighted by molar-refractivity contribution is 0.452. The van der Waals surface area contributed by atoms with Gasteiger partial charge in [0.05, 0.1) is 5.69 Å². The van der Waals surface area contributed by atoms with Crippen molar-refractivity contribution in [1.29, 1.82) is 0 Å². The van der Waals surface area contributed by atoms with Crippen LogP contribution in [0.4, 0.5) is 0 Å². The molecule has 0 fully saturated rings. The van der Waals surface area contributed by atoms with E-state index in [4.69, 9.17) is 10.5 Å². The zero-order chi connectivity index (χ0) is 13.8. The van der Waals surface area contributed by atoms with Gasteiger partial charge in [0.25, 0.3) is 0 Å². The molecule has 2 heterocycles. The topological polar surface area (TPSA) is 61.0 Å². The highest BCUT2D eigenvalue weighted by atomic mass is 16.5. The van der Waals surface area contributed by atoms with E-state index in [1.807, 2.05) is 38.1 Å². The third-order valence-corrected chi connectivity index (χ3v) is 3.01. The van der Waals surface area contributed by atoms with E-state index in [0.717, 1.165) is 34.8 Å². The fraction of sp³-hybridized carbons (Fsp3) is 0.333. The summed E-state index contributed by atoms with van der Waals surface area (Å²) in [5, 5.41) is 0. The van der Waals surface area contributed by atoms with Crippen molar-refractivity contribution >= 4 is 0 Å². The van der Waals surface area contributed by atoms with Gasteiger partial charge in [0.2, 0.25) is 5.88 Å². The fourth-order valence-corrected chi connectivity index (χ4v) is 1.90. The Morgan fingerprint density at radius 2 is 1.89 bits per heavy atom. The normalized spacial score (nSPS) is 10.5. The molecule has 0 bridgehead atoms. The molecule has 4 nitrogen and oxygen atoms in total. The highest BCUT2D eigenvalue weighted by Gasteiger charge is 2.07. The molecule has 0 spiro atoms. The number of hydrogen-bond donors (Lipinski definition) is 1. The molecule has 19 heavy (non-hydrogen) atoms. The van der Waals surface area contributed by atoms with Crippen molar-refractivity contribution in [3.8, 4) is 11.6 Å². The Kier molecular flexibility index (Phi) is 4.12. The van der Waals surface area contributed by atoms with Crippen LogP contribution in [0.3, 0.4) is 0 Å². The average Bonchev–Trinajstić information content (AvgIpc) is 2.41. The molecular weight excluding hydrogens is 238 g/mol. The summed E-state index contributed by atoms with van der Waals surface area (Å²) in [6.07, 6.45) is 0.830. The Labute approximate surface area is 113 Å². The van der Waals surface area contributed by atoms with Gasteiger partial charge in [-0.2, -0.15) is 0 Å². The van der Waals surface area contributed by atoms with Gasteiger partial charge in [-0.1, -0.05) is 13.0 Å². The van der Waals surface area contributed by atoms with Gasteiger partial charge < -0.3 is 10.5 Å². The number of nitrogens with zero attached hydrogens (tertiary/aromatic N) is 2. The summed E-state index contributed by atoms with van der Waals surface area (Å²) in [5.41, 5.74) is 9.50. The van der Waals surface area contributed by atoms with Crippen molar-refractivity contribution in [2.75, 3.05) is 0 Å². The quantitative estimate of drug-likeness (QED) is 0.914. The van der Waals surface area contributed by atoms with Crippen LogP contribution in [0.15, 0.2) is 24.3 Å². The van der Waals surface area contributed by atoms with Gasteiger partial charge >= 0.3 is 0 Å². The highest BCUT2D eigenvalue weighted by molar-refractivity contribution is 5.34. The first-order valence-electron chi connectivity index (χ1n) is 6.45. The van der Waals surface area contributed by atoms with Crippen LogP contribution in [0, 0.1) is 13.8 Å². The van der Waals surface area contributed by atoms with Crippen LogP contribution in [-0.4, -0.2) is 9.97 Å². The van der Waals surface area contributed by atoms with Gasteiger partial charge in [-0.25, -0.2) is 4.98 Å². The van der Waals surface area contributed by atoms with Crippen LogP contribution in [-0.2, 0) is 13.0 Å². The van der Waals surface area contributed by atoms with Crippen LogP contribution in [0.1, 0.15) is 29.6 Å². The Balaban J connectivity index is 2.28. The molecule has 0 aliphatic carbocycles. The fourth-order valence-electron chi connectivity index (χ4n) is 1.90. The smallest absolute Gasteiger partial charge is 0.219 e. The van der Waals surface area contributed by atoms with Crippen molar-refractivity contribution in [2.45, 2.75) is 33.7 Å². The second-order valence-corrected chi connectivity index (χ2v) is 4.45. The lowest BCUT2D eigenvalue weighted by Gasteiger charge is -2.10. The maximum atomic E-state index is 5.82. The second-order valence-electron chi connectivity index (χ2n) is 4.45. The molecule has 0 radical (unpaired) electrons. The average molecular weight is 257 g/mol. The molecule has 0 saturated carbocycles. The molecule has 0 saturated heterocycles. The minimum Gasteiger partial charge on any atom is -0.437 e. The van der Waals surface area contributed by atoms with Gasteiger partial charge in [0, 0.05) is 24.0 Å². The maximum absolute atomic E-state index is 5.82. The van der Waals surface area contributed by atoms with Gasteiger partial charge in [0.15, 0.2) is 5.75 Å². The Morgan fingerprint density at radius 1 is 1.11 bits per heavy atom. The largest absolute Gasteiger partial charge is 0.437 e. The van der Waals surface area contributed by atoms with Crippen molar-refractivity contribution in [2.24, 2.45) is 5.73 Å². The molecule has 0 atom stereocenters. The van der Waals surface area contributed by atoms with E-state index in [1.54, 1.807) is 0 Å². The number of hydrogen-bond acceptors (Lipinski definition) is 4. The van der Waals surface area contributed by atoms with E-state index < -0.39 is 0 Å². The molecule has 0 aromatic carbocycles. The number of aromatic nitrogens is 2. The highest BCUT2D eigenvalue weighted by Crippen LogP contribution is 2.24. The van der Waals surface area contributed by atoms with Gasteiger partial charge in [-0.05, 0) is 38.0 Å². The van der Waals surface area contributed by atoms with Crippen molar-refractivity contribution in [3.05, 3.63) is 46.9 Å². The summed E-state index contributed by atoms with van der Waals surface area (Å²) in [5.74, 6) is 1.34. The predicted octanol–water partition coefficient (Wildman–Crippen LogP) is 2.91. The summed E-state index contributed by atoms with van der Waals surface area (Å²) >= 11 is 0. The predicted molar refractivity (Wildman–Crippen MR) is 75.3 cm³/mol. The Hall–Kier alpha value is -1.94. The molecule has 2 aromatic rings.